The van der Waals surface area contributed by atoms with Gasteiger partial charge in [0.2, 0.25) is 5.91 Å². The van der Waals surface area contributed by atoms with Crippen molar-refractivity contribution in [2.75, 3.05) is 40.3 Å². The molecule has 9 heteroatoms. The molecule has 0 spiro atoms. The lowest BCUT2D eigenvalue weighted by atomic mass is 9.74. The van der Waals surface area contributed by atoms with Gasteiger partial charge in [0.25, 0.3) is 0 Å². The molecule has 2 bridgehead atoms. The fourth-order valence-electron chi connectivity index (χ4n) is 5.23. The number of hydrogen-bond donors (Lipinski definition) is 1. The predicted octanol–water partition coefficient (Wildman–Crippen LogP) is 0.373. The van der Waals surface area contributed by atoms with Crippen molar-refractivity contribution in [3.8, 4) is 0 Å². The number of likely N-dealkylation sites (tertiary alicyclic amines) is 1. The maximum Gasteiger partial charge on any atom is 0.306 e. The molecule has 4 fully saturated rings. The van der Waals surface area contributed by atoms with Crippen molar-refractivity contribution in [1.82, 2.24) is 29.7 Å². The number of carbonyl (C=O) groups excluding carboxylic acids is 1. The minimum Gasteiger partial charge on any atom is -0.481 e. The Bertz CT molecular complexity index is 742. The van der Waals surface area contributed by atoms with Crippen molar-refractivity contribution in [2.45, 2.75) is 44.8 Å². The summed E-state index contributed by atoms with van der Waals surface area (Å²) in [6, 6.07) is 0.407. The first-order valence-corrected chi connectivity index (χ1v) is 10.7. The van der Waals surface area contributed by atoms with Gasteiger partial charge in [-0.3, -0.25) is 19.2 Å². The van der Waals surface area contributed by atoms with Gasteiger partial charge in [-0.15, -0.1) is 5.10 Å². The van der Waals surface area contributed by atoms with Crippen LogP contribution in [0.15, 0.2) is 6.20 Å². The van der Waals surface area contributed by atoms with Gasteiger partial charge in [-0.05, 0) is 52.2 Å². The van der Waals surface area contributed by atoms with Crippen LogP contribution in [0.2, 0.25) is 0 Å². The van der Waals surface area contributed by atoms with Crippen LogP contribution >= 0.6 is 0 Å². The van der Waals surface area contributed by atoms with Crippen molar-refractivity contribution in [1.29, 1.82) is 0 Å². The molecule has 1 aromatic heterocycles. The molecule has 4 saturated heterocycles. The third-order valence-electron chi connectivity index (χ3n) is 6.81. The summed E-state index contributed by atoms with van der Waals surface area (Å²) in [5, 5.41) is 17.7. The Morgan fingerprint density at radius 2 is 1.97 bits per heavy atom. The van der Waals surface area contributed by atoms with E-state index >= 15 is 0 Å². The highest BCUT2D eigenvalue weighted by atomic mass is 16.4. The zero-order valence-electron chi connectivity index (χ0n) is 17.4. The SMILES string of the molecule is CN(C)Cc1cn(C[C@H]2C[C@H]3CCN2C[C@@H]3C(=O)N2CCC(C(=O)O)CC2)nn1. The zero-order valence-corrected chi connectivity index (χ0v) is 17.4. The monoisotopic (exact) mass is 404 g/mol. The van der Waals surface area contributed by atoms with Crippen LogP contribution in [0.5, 0.6) is 0 Å². The third kappa shape index (κ3) is 4.45. The van der Waals surface area contributed by atoms with Crippen LogP contribution in [0.1, 0.15) is 31.4 Å². The van der Waals surface area contributed by atoms with E-state index in [0.29, 0.717) is 37.9 Å². The van der Waals surface area contributed by atoms with Gasteiger partial charge in [-0.2, -0.15) is 0 Å². The minimum atomic E-state index is -0.732. The molecule has 4 aliphatic heterocycles. The summed E-state index contributed by atoms with van der Waals surface area (Å²) in [5.41, 5.74) is 0.976. The first-order chi connectivity index (χ1) is 13.9. The largest absolute Gasteiger partial charge is 0.481 e. The average Bonchev–Trinajstić information content (AvgIpc) is 3.14. The fraction of sp³-hybridized carbons (Fsp3) is 0.800. The number of aromatic nitrogens is 3. The molecule has 0 aliphatic carbocycles. The van der Waals surface area contributed by atoms with Crippen molar-refractivity contribution < 1.29 is 14.7 Å². The quantitative estimate of drug-likeness (QED) is 0.732. The second-order valence-corrected chi connectivity index (χ2v) is 9.15. The van der Waals surface area contributed by atoms with E-state index in [1.165, 1.54) is 0 Å². The summed E-state index contributed by atoms with van der Waals surface area (Å²) in [6.45, 7) is 4.62. The van der Waals surface area contributed by atoms with E-state index in [-0.39, 0.29) is 17.7 Å². The standard InChI is InChI=1S/C20H32N6O3/c1-23(2)10-16-11-26(22-21-16)12-17-9-15-5-8-25(17)13-18(15)19(27)24-6-3-14(4-7-24)20(28)29/h11,14-15,17-18H,3-10,12-13H2,1-2H3,(H,28,29)/t15-,17-,18+/m1/s1. The second-order valence-electron chi connectivity index (χ2n) is 9.15. The lowest BCUT2D eigenvalue weighted by Gasteiger charge is -2.50. The first-order valence-electron chi connectivity index (χ1n) is 10.7. The van der Waals surface area contributed by atoms with E-state index in [4.69, 9.17) is 5.11 Å². The summed E-state index contributed by atoms with van der Waals surface area (Å²) in [4.78, 5) is 30.7. The number of piperidine rings is 4. The van der Waals surface area contributed by atoms with Gasteiger partial charge in [-0.1, -0.05) is 5.21 Å². The fourth-order valence-corrected chi connectivity index (χ4v) is 5.23. The molecule has 1 amide bonds. The lowest BCUT2D eigenvalue weighted by Crippen LogP contribution is -2.59. The van der Waals surface area contributed by atoms with Crippen LogP contribution < -0.4 is 0 Å². The highest BCUT2D eigenvalue weighted by Crippen LogP contribution is 2.38. The molecule has 1 N–H and O–H groups in total. The Morgan fingerprint density at radius 1 is 1.21 bits per heavy atom. The van der Waals surface area contributed by atoms with E-state index in [9.17, 15) is 9.59 Å². The minimum absolute atomic E-state index is 0.0569. The van der Waals surface area contributed by atoms with Crippen LogP contribution in [0.3, 0.4) is 0 Å². The number of carbonyl (C=O) groups is 2. The number of hydrogen-bond acceptors (Lipinski definition) is 6. The molecule has 0 aromatic carbocycles. The summed E-state index contributed by atoms with van der Waals surface area (Å²) >= 11 is 0. The number of nitrogens with zero attached hydrogens (tertiary/aromatic N) is 6. The van der Waals surface area contributed by atoms with E-state index in [1.807, 2.05) is 29.9 Å². The number of carboxylic acid groups (broad SMARTS) is 1. The molecule has 9 nitrogen and oxygen atoms in total. The molecule has 29 heavy (non-hydrogen) atoms. The van der Waals surface area contributed by atoms with Gasteiger partial charge in [0.05, 0.1) is 24.1 Å². The van der Waals surface area contributed by atoms with Crippen molar-refractivity contribution in [2.24, 2.45) is 17.8 Å². The summed E-state index contributed by atoms with van der Waals surface area (Å²) in [7, 11) is 4.04. The molecular weight excluding hydrogens is 372 g/mol. The molecular formula is C20H32N6O3. The highest BCUT2D eigenvalue weighted by molar-refractivity contribution is 5.80. The molecule has 0 radical (unpaired) electrons. The van der Waals surface area contributed by atoms with Crippen LogP contribution in [-0.2, 0) is 22.7 Å². The van der Waals surface area contributed by atoms with Crippen LogP contribution in [0.4, 0.5) is 0 Å². The molecule has 5 rings (SSSR count). The maximum atomic E-state index is 13.1. The van der Waals surface area contributed by atoms with Crippen molar-refractivity contribution in [3.63, 3.8) is 0 Å². The van der Waals surface area contributed by atoms with Gasteiger partial charge in [0.1, 0.15) is 0 Å². The molecule has 160 valence electrons. The molecule has 4 aliphatic rings. The molecule has 5 heterocycles. The van der Waals surface area contributed by atoms with Crippen LogP contribution in [0, 0.1) is 17.8 Å². The first kappa shape index (κ1) is 20.3. The van der Waals surface area contributed by atoms with Gasteiger partial charge in [-0.25, -0.2) is 0 Å². The van der Waals surface area contributed by atoms with Gasteiger partial charge in [0.15, 0.2) is 0 Å². The average molecular weight is 405 g/mol. The lowest BCUT2D eigenvalue weighted by molar-refractivity contribution is -0.150. The number of carboxylic acids is 1. The maximum absolute atomic E-state index is 13.1. The Balaban J connectivity index is 1.32. The predicted molar refractivity (Wildman–Crippen MR) is 106 cm³/mol. The summed E-state index contributed by atoms with van der Waals surface area (Å²) in [6.07, 6.45) is 5.27. The van der Waals surface area contributed by atoms with Crippen LogP contribution in [0.25, 0.3) is 0 Å². The Kier molecular flexibility index (Phi) is 5.87. The van der Waals surface area contributed by atoms with E-state index < -0.39 is 5.97 Å². The highest BCUT2D eigenvalue weighted by Gasteiger charge is 2.45. The van der Waals surface area contributed by atoms with Gasteiger partial charge >= 0.3 is 5.97 Å². The topological polar surface area (TPSA) is 94.8 Å². The number of aliphatic carboxylic acids is 1. The van der Waals surface area contributed by atoms with Gasteiger partial charge < -0.3 is 14.9 Å². The van der Waals surface area contributed by atoms with E-state index in [0.717, 1.165) is 44.7 Å². The third-order valence-corrected chi connectivity index (χ3v) is 6.81. The summed E-state index contributed by atoms with van der Waals surface area (Å²) in [5.74, 6) is -0.323. The van der Waals surface area contributed by atoms with Crippen LogP contribution in [-0.4, -0.2) is 93.0 Å². The smallest absolute Gasteiger partial charge is 0.306 e. The van der Waals surface area contributed by atoms with Crippen molar-refractivity contribution in [3.05, 3.63) is 11.9 Å². The van der Waals surface area contributed by atoms with Crippen molar-refractivity contribution >= 4 is 11.9 Å². The Labute approximate surface area is 171 Å². The summed E-state index contributed by atoms with van der Waals surface area (Å²) < 4.78 is 1.94. The normalized spacial score (nSPS) is 30.1. The molecule has 4 atom stereocenters. The Hall–Kier alpha value is -2.00. The second kappa shape index (κ2) is 8.39. The molecule has 1 aromatic rings. The number of rotatable bonds is 6. The zero-order chi connectivity index (χ0) is 20.5. The molecule has 1 unspecified atom stereocenters. The van der Waals surface area contributed by atoms with E-state index in [2.05, 4.69) is 20.1 Å². The van der Waals surface area contributed by atoms with Gasteiger partial charge in [0, 0.05) is 38.4 Å². The van der Waals surface area contributed by atoms with E-state index in [1.54, 1.807) is 0 Å². The molecule has 0 saturated carbocycles. The number of fused-ring (bicyclic) bond motifs is 3. The number of amides is 1. The Morgan fingerprint density at radius 3 is 2.59 bits per heavy atom.